The van der Waals surface area contributed by atoms with Crippen LogP contribution in [0.5, 0.6) is 0 Å². The molecule has 0 bridgehead atoms. The lowest BCUT2D eigenvalue weighted by molar-refractivity contribution is -0.137. The van der Waals surface area contributed by atoms with E-state index in [1.54, 1.807) is 44.4 Å². The Kier molecular flexibility index (Phi) is 7.52. The molecule has 172 valence electrons. The van der Waals surface area contributed by atoms with Gasteiger partial charge in [0.15, 0.2) is 0 Å². The highest BCUT2D eigenvalue weighted by Gasteiger charge is 2.30. The van der Waals surface area contributed by atoms with E-state index in [0.29, 0.717) is 49.5 Å². The van der Waals surface area contributed by atoms with Crippen molar-refractivity contribution in [1.82, 2.24) is 14.7 Å². The molecule has 0 spiro atoms. The molecule has 2 aromatic carbocycles. The van der Waals surface area contributed by atoms with Crippen LogP contribution in [0.2, 0.25) is 0 Å². The van der Waals surface area contributed by atoms with Gasteiger partial charge in [-0.2, -0.15) is 13.2 Å². The Morgan fingerprint density at radius 3 is 2.19 bits per heavy atom. The van der Waals surface area contributed by atoms with Crippen LogP contribution in [0.4, 0.5) is 18.9 Å². The number of hydrogen-bond donors (Lipinski definition) is 1. The summed E-state index contributed by atoms with van der Waals surface area (Å²) in [5.41, 5.74) is 1.16. The number of hydrogen-bond acceptors (Lipinski definition) is 4. The number of nitrogens with one attached hydrogen (secondary N) is 1. The second-order valence-corrected chi connectivity index (χ2v) is 8.08. The molecule has 0 aromatic heterocycles. The second kappa shape index (κ2) is 10.1. The van der Waals surface area contributed by atoms with Gasteiger partial charge in [0.2, 0.25) is 5.91 Å². The lowest BCUT2D eigenvalue weighted by atomic mass is 10.1. The quantitative estimate of drug-likeness (QED) is 0.738. The number of nitrogens with zero attached hydrogens (tertiary/aromatic N) is 3. The van der Waals surface area contributed by atoms with Crippen LogP contribution in [-0.4, -0.2) is 73.3 Å². The van der Waals surface area contributed by atoms with E-state index in [9.17, 15) is 22.8 Å². The topological polar surface area (TPSA) is 55.9 Å². The van der Waals surface area contributed by atoms with Crippen LogP contribution in [-0.2, 0) is 17.5 Å². The minimum atomic E-state index is -4.34. The van der Waals surface area contributed by atoms with Gasteiger partial charge in [-0.05, 0) is 35.9 Å². The molecule has 6 nitrogen and oxygen atoms in total. The minimum absolute atomic E-state index is 0.106. The molecule has 0 aliphatic carbocycles. The Morgan fingerprint density at radius 2 is 1.59 bits per heavy atom. The third-order valence-electron chi connectivity index (χ3n) is 5.31. The number of amides is 2. The van der Waals surface area contributed by atoms with Gasteiger partial charge in [-0.15, -0.1) is 0 Å². The molecule has 1 heterocycles. The van der Waals surface area contributed by atoms with E-state index >= 15 is 0 Å². The van der Waals surface area contributed by atoms with Crippen molar-refractivity contribution in [3.05, 3.63) is 65.2 Å². The van der Waals surface area contributed by atoms with Crippen LogP contribution in [0.3, 0.4) is 0 Å². The van der Waals surface area contributed by atoms with Crippen LogP contribution >= 0.6 is 0 Å². The van der Waals surface area contributed by atoms with Crippen molar-refractivity contribution in [2.75, 3.05) is 52.1 Å². The number of rotatable bonds is 6. The van der Waals surface area contributed by atoms with E-state index in [-0.39, 0.29) is 18.4 Å². The fourth-order valence-electron chi connectivity index (χ4n) is 3.57. The molecular formula is C23H27F3N4O2. The predicted octanol–water partition coefficient (Wildman–Crippen LogP) is 3.16. The standard InChI is InChI=1S/C23H27F3N4O2/c1-28(2)22(32)18-6-8-20(9-7-18)27-21(31)16-30-12-10-29(11-13-30)15-17-4-3-5-19(14-17)23(24,25)26/h3-9,14H,10-13,15-16H2,1-2H3,(H,27,31). The van der Waals surface area contributed by atoms with Gasteiger partial charge in [0.25, 0.3) is 5.91 Å². The van der Waals surface area contributed by atoms with Crippen molar-refractivity contribution < 1.29 is 22.8 Å². The van der Waals surface area contributed by atoms with Crippen LogP contribution in [0.25, 0.3) is 0 Å². The molecule has 1 aliphatic rings. The summed E-state index contributed by atoms with van der Waals surface area (Å²) in [4.78, 5) is 29.9. The number of piperazine rings is 1. The lowest BCUT2D eigenvalue weighted by Crippen LogP contribution is -2.48. The summed E-state index contributed by atoms with van der Waals surface area (Å²) < 4.78 is 38.7. The number of anilines is 1. The molecule has 1 saturated heterocycles. The fraction of sp³-hybridized carbons (Fsp3) is 0.391. The van der Waals surface area contributed by atoms with Crippen molar-refractivity contribution >= 4 is 17.5 Å². The maximum atomic E-state index is 12.9. The summed E-state index contributed by atoms with van der Waals surface area (Å²) in [7, 11) is 3.36. The van der Waals surface area contributed by atoms with Gasteiger partial charge in [-0.25, -0.2) is 0 Å². The molecule has 1 N–H and O–H groups in total. The Bertz CT molecular complexity index is 937. The average molecular weight is 448 g/mol. The summed E-state index contributed by atoms with van der Waals surface area (Å²) in [5, 5.41) is 2.83. The molecule has 0 radical (unpaired) electrons. The first-order valence-electron chi connectivity index (χ1n) is 10.3. The first-order chi connectivity index (χ1) is 15.1. The highest BCUT2D eigenvalue weighted by Crippen LogP contribution is 2.29. The molecule has 0 saturated carbocycles. The third-order valence-corrected chi connectivity index (χ3v) is 5.31. The van der Waals surface area contributed by atoms with E-state index in [1.807, 2.05) is 4.90 Å². The lowest BCUT2D eigenvalue weighted by Gasteiger charge is -2.34. The van der Waals surface area contributed by atoms with Gasteiger partial charge in [0.1, 0.15) is 0 Å². The number of carbonyl (C=O) groups is 2. The van der Waals surface area contributed by atoms with Crippen LogP contribution in [0.15, 0.2) is 48.5 Å². The van der Waals surface area contributed by atoms with Crippen molar-refractivity contribution in [3.8, 4) is 0 Å². The zero-order chi connectivity index (χ0) is 23.3. The largest absolute Gasteiger partial charge is 0.416 e. The number of benzene rings is 2. The molecule has 1 aliphatic heterocycles. The summed E-state index contributed by atoms with van der Waals surface area (Å²) >= 11 is 0. The Hall–Kier alpha value is -2.91. The SMILES string of the molecule is CN(C)C(=O)c1ccc(NC(=O)CN2CCN(Cc3cccc(C(F)(F)F)c3)CC2)cc1. The molecule has 1 fully saturated rings. The average Bonchev–Trinajstić information content (AvgIpc) is 2.74. The Labute approximate surface area is 185 Å². The summed E-state index contributed by atoms with van der Waals surface area (Å²) in [6.45, 7) is 3.33. The maximum absolute atomic E-state index is 12.9. The van der Waals surface area contributed by atoms with Gasteiger partial charge in [0, 0.05) is 58.1 Å². The van der Waals surface area contributed by atoms with Crippen LogP contribution < -0.4 is 5.32 Å². The van der Waals surface area contributed by atoms with Gasteiger partial charge in [0.05, 0.1) is 12.1 Å². The molecule has 9 heteroatoms. The highest BCUT2D eigenvalue weighted by atomic mass is 19.4. The molecule has 0 atom stereocenters. The van der Waals surface area contributed by atoms with E-state index < -0.39 is 11.7 Å². The molecule has 3 rings (SSSR count). The van der Waals surface area contributed by atoms with Crippen LogP contribution in [0.1, 0.15) is 21.5 Å². The van der Waals surface area contributed by atoms with Gasteiger partial charge in [-0.3, -0.25) is 19.4 Å². The second-order valence-electron chi connectivity index (χ2n) is 8.08. The van der Waals surface area contributed by atoms with Crippen molar-refractivity contribution in [2.24, 2.45) is 0 Å². The Morgan fingerprint density at radius 1 is 0.969 bits per heavy atom. The number of carbonyl (C=O) groups excluding carboxylic acids is 2. The van der Waals surface area contributed by atoms with E-state index in [2.05, 4.69) is 10.2 Å². The van der Waals surface area contributed by atoms with E-state index in [1.165, 1.54) is 17.0 Å². The van der Waals surface area contributed by atoms with Crippen molar-refractivity contribution in [1.29, 1.82) is 0 Å². The molecule has 32 heavy (non-hydrogen) atoms. The Balaban J connectivity index is 1.45. The summed E-state index contributed by atoms with van der Waals surface area (Å²) in [6, 6.07) is 12.1. The van der Waals surface area contributed by atoms with E-state index in [0.717, 1.165) is 6.07 Å². The van der Waals surface area contributed by atoms with Crippen molar-refractivity contribution in [3.63, 3.8) is 0 Å². The van der Waals surface area contributed by atoms with Gasteiger partial charge >= 0.3 is 6.18 Å². The molecule has 0 unspecified atom stereocenters. The monoisotopic (exact) mass is 448 g/mol. The number of alkyl halides is 3. The first-order valence-corrected chi connectivity index (χ1v) is 10.3. The fourth-order valence-corrected chi connectivity index (χ4v) is 3.57. The molecular weight excluding hydrogens is 421 g/mol. The zero-order valence-electron chi connectivity index (χ0n) is 18.2. The highest BCUT2D eigenvalue weighted by molar-refractivity contribution is 5.96. The molecule has 2 amide bonds. The van der Waals surface area contributed by atoms with Crippen LogP contribution in [0, 0.1) is 0 Å². The smallest absolute Gasteiger partial charge is 0.345 e. The van der Waals surface area contributed by atoms with Gasteiger partial charge in [-0.1, -0.05) is 18.2 Å². The van der Waals surface area contributed by atoms with Crippen molar-refractivity contribution in [2.45, 2.75) is 12.7 Å². The normalized spacial score (nSPS) is 15.4. The maximum Gasteiger partial charge on any atom is 0.416 e. The first kappa shape index (κ1) is 23.7. The predicted molar refractivity (Wildman–Crippen MR) is 116 cm³/mol. The van der Waals surface area contributed by atoms with E-state index in [4.69, 9.17) is 0 Å². The van der Waals surface area contributed by atoms with Gasteiger partial charge < -0.3 is 10.2 Å². The number of halogens is 3. The minimum Gasteiger partial charge on any atom is -0.345 e. The third kappa shape index (κ3) is 6.54. The zero-order valence-corrected chi connectivity index (χ0v) is 18.2. The molecule has 2 aromatic rings. The summed E-state index contributed by atoms with van der Waals surface area (Å²) in [6.07, 6.45) is -4.34. The summed E-state index contributed by atoms with van der Waals surface area (Å²) in [5.74, 6) is -0.256.